The molecule has 0 amide bonds. The van der Waals surface area contributed by atoms with Crippen LogP contribution in [-0.2, 0) is 0 Å². The Hall–Kier alpha value is -0.870. The van der Waals surface area contributed by atoms with Gasteiger partial charge in [0.2, 0.25) is 0 Å². The number of halogens is 1. The molecular formula is C16H22BrNO2. The van der Waals surface area contributed by atoms with Gasteiger partial charge in [-0.1, -0.05) is 22.9 Å². The third kappa shape index (κ3) is 4.60. The van der Waals surface area contributed by atoms with Crippen LogP contribution in [0.2, 0.25) is 0 Å². The summed E-state index contributed by atoms with van der Waals surface area (Å²) in [5.74, 6) is 1.55. The molecule has 4 heteroatoms. The van der Waals surface area contributed by atoms with Gasteiger partial charge in [-0.15, -0.1) is 0 Å². The molecule has 2 rings (SSSR count). The first-order chi connectivity index (χ1) is 9.69. The highest BCUT2D eigenvalue weighted by Crippen LogP contribution is 2.22. The molecule has 0 atom stereocenters. The lowest BCUT2D eigenvalue weighted by Crippen LogP contribution is -2.34. The molecule has 0 saturated carbocycles. The van der Waals surface area contributed by atoms with Crippen LogP contribution in [0, 0.1) is 5.92 Å². The molecule has 1 aliphatic rings. The topological polar surface area (TPSA) is 29.5 Å². The molecule has 1 aromatic carbocycles. The maximum Gasteiger partial charge on any atom is 0.153 e. The zero-order valence-corrected chi connectivity index (χ0v) is 13.6. The van der Waals surface area contributed by atoms with Crippen LogP contribution in [0.25, 0.3) is 0 Å². The van der Waals surface area contributed by atoms with Gasteiger partial charge in [-0.3, -0.25) is 4.79 Å². The van der Waals surface area contributed by atoms with E-state index in [1.54, 1.807) is 6.07 Å². The number of benzene rings is 1. The number of rotatable bonds is 6. The third-order valence-electron chi connectivity index (χ3n) is 3.85. The van der Waals surface area contributed by atoms with Gasteiger partial charge in [0.15, 0.2) is 6.29 Å². The van der Waals surface area contributed by atoms with Crippen LogP contribution in [-0.4, -0.2) is 37.4 Å². The maximum absolute atomic E-state index is 11.0. The minimum atomic E-state index is 0.603. The van der Waals surface area contributed by atoms with Gasteiger partial charge in [-0.25, -0.2) is 0 Å². The van der Waals surface area contributed by atoms with Gasteiger partial charge in [0.05, 0.1) is 12.2 Å². The number of likely N-dealkylation sites (tertiary alicyclic amines) is 1. The molecule has 0 radical (unpaired) electrons. The van der Waals surface area contributed by atoms with Gasteiger partial charge < -0.3 is 9.64 Å². The number of piperidine rings is 1. The van der Waals surface area contributed by atoms with Crippen molar-refractivity contribution in [3.63, 3.8) is 0 Å². The van der Waals surface area contributed by atoms with Crippen LogP contribution >= 0.6 is 15.9 Å². The summed E-state index contributed by atoms with van der Waals surface area (Å²) in [6.45, 7) is 6.49. The van der Waals surface area contributed by atoms with Gasteiger partial charge in [-0.05, 0) is 56.5 Å². The van der Waals surface area contributed by atoms with Crippen molar-refractivity contribution in [3.8, 4) is 5.75 Å². The smallest absolute Gasteiger partial charge is 0.153 e. The minimum Gasteiger partial charge on any atom is -0.493 e. The molecule has 3 nitrogen and oxygen atoms in total. The molecule has 1 aliphatic heterocycles. The highest BCUT2D eigenvalue weighted by atomic mass is 79.9. The Labute approximate surface area is 129 Å². The summed E-state index contributed by atoms with van der Waals surface area (Å²) >= 11 is 3.35. The van der Waals surface area contributed by atoms with Crippen molar-refractivity contribution in [1.29, 1.82) is 0 Å². The number of ether oxygens (including phenoxy) is 1. The second kappa shape index (κ2) is 7.79. The Bertz CT molecular complexity index is 442. The lowest BCUT2D eigenvalue weighted by molar-refractivity contribution is 0.111. The molecule has 0 spiro atoms. The average Bonchev–Trinajstić information content (AvgIpc) is 2.46. The quantitative estimate of drug-likeness (QED) is 0.583. The number of hydrogen-bond acceptors (Lipinski definition) is 3. The molecule has 0 bridgehead atoms. The zero-order valence-electron chi connectivity index (χ0n) is 12.0. The van der Waals surface area contributed by atoms with E-state index in [0.29, 0.717) is 17.9 Å². The molecule has 110 valence electrons. The molecule has 1 aromatic rings. The maximum atomic E-state index is 11.0. The van der Waals surface area contributed by atoms with Crippen LogP contribution < -0.4 is 4.74 Å². The fraction of sp³-hybridized carbons (Fsp3) is 0.562. The van der Waals surface area contributed by atoms with E-state index >= 15 is 0 Å². The van der Waals surface area contributed by atoms with E-state index in [4.69, 9.17) is 4.74 Å². The van der Waals surface area contributed by atoms with Gasteiger partial charge >= 0.3 is 0 Å². The number of hydrogen-bond donors (Lipinski definition) is 0. The zero-order chi connectivity index (χ0) is 14.4. The number of carbonyl (C=O) groups is 1. The Morgan fingerprint density at radius 3 is 2.85 bits per heavy atom. The summed E-state index contributed by atoms with van der Waals surface area (Å²) in [6.07, 6.45) is 4.46. The van der Waals surface area contributed by atoms with Crippen molar-refractivity contribution in [2.24, 2.45) is 5.92 Å². The van der Waals surface area contributed by atoms with E-state index in [1.165, 1.54) is 25.9 Å². The molecule has 0 N–H and O–H groups in total. The fourth-order valence-corrected chi connectivity index (χ4v) is 2.88. The van der Waals surface area contributed by atoms with E-state index < -0.39 is 0 Å². The molecule has 1 fully saturated rings. The monoisotopic (exact) mass is 339 g/mol. The van der Waals surface area contributed by atoms with E-state index in [9.17, 15) is 4.79 Å². The first-order valence-electron chi connectivity index (χ1n) is 7.29. The Morgan fingerprint density at radius 1 is 1.40 bits per heavy atom. The van der Waals surface area contributed by atoms with Gasteiger partial charge in [-0.2, -0.15) is 0 Å². The van der Waals surface area contributed by atoms with Crippen LogP contribution in [0.15, 0.2) is 22.7 Å². The Kier molecular flexibility index (Phi) is 6.05. The summed E-state index contributed by atoms with van der Waals surface area (Å²) in [5, 5.41) is 0. The molecule has 20 heavy (non-hydrogen) atoms. The molecule has 0 aliphatic carbocycles. The fourth-order valence-electron chi connectivity index (χ4n) is 2.50. The second-order valence-corrected chi connectivity index (χ2v) is 6.44. The Balaban J connectivity index is 1.72. The molecule has 0 aromatic heterocycles. The highest BCUT2D eigenvalue weighted by molar-refractivity contribution is 9.10. The molecule has 0 unspecified atom stereocenters. The van der Waals surface area contributed by atoms with Crippen molar-refractivity contribution < 1.29 is 9.53 Å². The minimum absolute atomic E-state index is 0.603. The summed E-state index contributed by atoms with van der Waals surface area (Å²) in [6, 6.07) is 5.53. The van der Waals surface area contributed by atoms with Gasteiger partial charge in [0.1, 0.15) is 5.75 Å². The molecular weight excluding hydrogens is 318 g/mol. The van der Waals surface area contributed by atoms with E-state index in [0.717, 1.165) is 29.6 Å². The predicted octanol–water partition coefficient (Wildman–Crippen LogP) is 3.76. The number of carbonyl (C=O) groups excluding carboxylic acids is 1. The highest BCUT2D eigenvalue weighted by Gasteiger charge is 2.14. The first-order valence-corrected chi connectivity index (χ1v) is 8.08. The normalized spacial score (nSPS) is 17.1. The van der Waals surface area contributed by atoms with Crippen molar-refractivity contribution in [2.45, 2.75) is 26.2 Å². The van der Waals surface area contributed by atoms with Crippen LogP contribution in [0.4, 0.5) is 0 Å². The third-order valence-corrected chi connectivity index (χ3v) is 4.34. The summed E-state index contributed by atoms with van der Waals surface area (Å²) in [7, 11) is 0. The second-order valence-electron chi connectivity index (χ2n) is 5.53. The van der Waals surface area contributed by atoms with Crippen molar-refractivity contribution in [3.05, 3.63) is 28.2 Å². The van der Waals surface area contributed by atoms with Crippen LogP contribution in [0.3, 0.4) is 0 Å². The lowest BCUT2D eigenvalue weighted by Gasteiger charge is -2.30. The Morgan fingerprint density at radius 2 is 2.15 bits per heavy atom. The largest absolute Gasteiger partial charge is 0.493 e. The van der Waals surface area contributed by atoms with Crippen LogP contribution in [0.5, 0.6) is 5.75 Å². The summed E-state index contributed by atoms with van der Waals surface area (Å²) in [4.78, 5) is 13.5. The molecule has 1 saturated heterocycles. The predicted molar refractivity (Wildman–Crippen MR) is 84.5 cm³/mol. The van der Waals surface area contributed by atoms with E-state index in [1.807, 2.05) is 12.1 Å². The standard InChI is InChI=1S/C16H22BrNO2/c1-13-5-8-18(9-6-13)7-2-10-20-16-4-3-15(17)11-14(16)12-19/h3-4,11-13H,2,5-10H2,1H3. The number of aldehydes is 1. The summed E-state index contributed by atoms with van der Waals surface area (Å²) < 4.78 is 6.61. The van der Waals surface area contributed by atoms with Crippen molar-refractivity contribution >= 4 is 22.2 Å². The first kappa shape index (κ1) is 15.5. The van der Waals surface area contributed by atoms with Gasteiger partial charge in [0, 0.05) is 11.0 Å². The average molecular weight is 340 g/mol. The SMILES string of the molecule is CC1CCN(CCCOc2ccc(Br)cc2C=O)CC1. The van der Waals surface area contributed by atoms with Gasteiger partial charge in [0.25, 0.3) is 0 Å². The van der Waals surface area contributed by atoms with Crippen LogP contribution in [0.1, 0.15) is 36.5 Å². The van der Waals surface area contributed by atoms with E-state index in [2.05, 4.69) is 27.8 Å². The number of nitrogens with zero attached hydrogens (tertiary/aromatic N) is 1. The van der Waals surface area contributed by atoms with Crippen molar-refractivity contribution in [1.82, 2.24) is 4.90 Å². The van der Waals surface area contributed by atoms with E-state index in [-0.39, 0.29) is 0 Å². The molecule has 1 heterocycles. The van der Waals surface area contributed by atoms with Crippen molar-refractivity contribution in [2.75, 3.05) is 26.2 Å². The summed E-state index contributed by atoms with van der Waals surface area (Å²) in [5.41, 5.74) is 0.603. The lowest BCUT2D eigenvalue weighted by atomic mass is 9.99.